The second-order valence-electron chi connectivity index (χ2n) is 9.25. The van der Waals surface area contributed by atoms with Crippen molar-refractivity contribution < 1.29 is 27.8 Å². The minimum absolute atomic E-state index is 0.114. The Labute approximate surface area is 236 Å². The average Bonchev–Trinajstić information content (AvgIpc) is 2.99. The van der Waals surface area contributed by atoms with Crippen LogP contribution in [0, 0.1) is 11.6 Å². The molecule has 0 saturated heterocycles. The first kappa shape index (κ1) is 27.7. The molecule has 0 amide bonds. The van der Waals surface area contributed by atoms with Crippen LogP contribution in [0.5, 0.6) is 11.6 Å². The first-order valence-electron chi connectivity index (χ1n) is 13.3. The van der Waals surface area contributed by atoms with Gasteiger partial charge in [0, 0.05) is 23.6 Å². The van der Waals surface area contributed by atoms with Crippen LogP contribution in [0.15, 0.2) is 91.0 Å². The Bertz CT molecular complexity index is 1640. The number of ether oxygens (including phenoxy) is 3. The highest BCUT2D eigenvalue weighted by Crippen LogP contribution is 2.29. The molecule has 0 bridgehead atoms. The number of nitrogens with zero attached hydrogens (tertiary/aromatic N) is 2. The molecule has 8 heteroatoms. The second-order valence-corrected chi connectivity index (χ2v) is 9.25. The molecule has 1 aromatic heterocycles. The zero-order chi connectivity index (χ0) is 28.6. The third-order valence-corrected chi connectivity index (χ3v) is 6.37. The Morgan fingerprint density at radius 2 is 1.54 bits per heavy atom. The molecule has 0 unspecified atom stereocenters. The maximum absolute atomic E-state index is 14.0. The molecule has 0 saturated carbocycles. The van der Waals surface area contributed by atoms with Crippen molar-refractivity contribution in [3.8, 4) is 34.3 Å². The average molecular weight is 555 g/mol. The van der Waals surface area contributed by atoms with Gasteiger partial charge in [-0.2, -0.15) is 4.98 Å². The van der Waals surface area contributed by atoms with Gasteiger partial charge in [0.2, 0.25) is 5.88 Å². The lowest BCUT2D eigenvalue weighted by Gasteiger charge is -2.11. The SMILES string of the molecule is CCOC(=O)CCCOc1cc(-c2ccccc2)nc(-c2ccc3cc(OCc4c(F)cccc4F)ccc3c2)n1. The summed E-state index contributed by atoms with van der Waals surface area (Å²) in [6.07, 6.45) is 0.770. The topological polar surface area (TPSA) is 70.5 Å². The molecule has 0 radical (unpaired) electrons. The van der Waals surface area contributed by atoms with Crippen LogP contribution < -0.4 is 9.47 Å². The van der Waals surface area contributed by atoms with Gasteiger partial charge < -0.3 is 14.2 Å². The number of rotatable bonds is 11. The molecule has 41 heavy (non-hydrogen) atoms. The van der Waals surface area contributed by atoms with E-state index >= 15 is 0 Å². The molecule has 5 aromatic rings. The van der Waals surface area contributed by atoms with E-state index < -0.39 is 11.6 Å². The van der Waals surface area contributed by atoms with Gasteiger partial charge in [-0.3, -0.25) is 4.79 Å². The van der Waals surface area contributed by atoms with Crippen LogP contribution >= 0.6 is 0 Å². The summed E-state index contributed by atoms with van der Waals surface area (Å²) < 4.78 is 44.5. The summed E-state index contributed by atoms with van der Waals surface area (Å²) in [5, 5.41) is 1.80. The molecular weight excluding hydrogens is 526 g/mol. The fourth-order valence-corrected chi connectivity index (χ4v) is 4.29. The van der Waals surface area contributed by atoms with Crippen molar-refractivity contribution in [1.82, 2.24) is 9.97 Å². The van der Waals surface area contributed by atoms with E-state index in [2.05, 4.69) is 4.98 Å². The van der Waals surface area contributed by atoms with Crippen molar-refractivity contribution in [2.24, 2.45) is 0 Å². The molecule has 208 valence electrons. The summed E-state index contributed by atoms with van der Waals surface area (Å²) in [5.41, 5.74) is 2.30. The monoisotopic (exact) mass is 554 g/mol. The Hall–Kier alpha value is -4.85. The molecular formula is C33H28F2N2O4. The smallest absolute Gasteiger partial charge is 0.305 e. The number of halogens is 2. The summed E-state index contributed by atoms with van der Waals surface area (Å²) in [6, 6.07) is 26.5. The lowest BCUT2D eigenvalue weighted by molar-refractivity contribution is -0.143. The molecule has 0 aliphatic heterocycles. The summed E-state index contributed by atoms with van der Waals surface area (Å²) in [6.45, 7) is 2.21. The number of carbonyl (C=O) groups excluding carboxylic acids is 1. The van der Waals surface area contributed by atoms with E-state index in [-0.39, 0.29) is 24.6 Å². The molecule has 0 spiro atoms. The molecule has 0 atom stereocenters. The third kappa shape index (κ3) is 7.03. The largest absolute Gasteiger partial charge is 0.489 e. The van der Waals surface area contributed by atoms with Crippen LogP contribution in [0.25, 0.3) is 33.4 Å². The van der Waals surface area contributed by atoms with E-state index in [9.17, 15) is 13.6 Å². The zero-order valence-corrected chi connectivity index (χ0v) is 22.5. The Morgan fingerprint density at radius 1 is 0.780 bits per heavy atom. The van der Waals surface area contributed by atoms with E-state index in [1.807, 2.05) is 60.7 Å². The van der Waals surface area contributed by atoms with E-state index in [4.69, 9.17) is 19.2 Å². The van der Waals surface area contributed by atoms with Gasteiger partial charge >= 0.3 is 5.97 Å². The number of benzene rings is 4. The molecule has 1 heterocycles. The van der Waals surface area contributed by atoms with Gasteiger partial charge in [0.1, 0.15) is 24.0 Å². The molecule has 6 nitrogen and oxygen atoms in total. The normalized spacial score (nSPS) is 10.9. The van der Waals surface area contributed by atoms with Gasteiger partial charge in [0.15, 0.2) is 5.82 Å². The van der Waals surface area contributed by atoms with E-state index in [0.29, 0.717) is 42.8 Å². The summed E-state index contributed by atoms with van der Waals surface area (Å²) in [5.74, 6) is -0.153. The highest BCUT2D eigenvalue weighted by Gasteiger charge is 2.13. The number of fused-ring (bicyclic) bond motifs is 1. The van der Waals surface area contributed by atoms with Crippen LogP contribution in [0.4, 0.5) is 8.78 Å². The zero-order valence-electron chi connectivity index (χ0n) is 22.5. The lowest BCUT2D eigenvalue weighted by atomic mass is 10.1. The van der Waals surface area contributed by atoms with E-state index in [1.165, 1.54) is 18.2 Å². The maximum Gasteiger partial charge on any atom is 0.305 e. The van der Waals surface area contributed by atoms with Crippen molar-refractivity contribution in [2.45, 2.75) is 26.4 Å². The van der Waals surface area contributed by atoms with Crippen molar-refractivity contribution in [3.63, 3.8) is 0 Å². The van der Waals surface area contributed by atoms with Crippen molar-refractivity contribution in [3.05, 3.63) is 108 Å². The van der Waals surface area contributed by atoms with Crippen LogP contribution in [-0.2, 0) is 16.1 Å². The van der Waals surface area contributed by atoms with Gasteiger partial charge in [-0.15, -0.1) is 0 Å². The number of aromatic nitrogens is 2. The standard InChI is InChI=1S/C33H28F2N2O4/c1-2-39-32(38)12-7-17-40-31-20-30(22-8-4-3-5-9-22)36-33(37-31)25-14-13-24-19-26(16-15-23(24)18-25)41-21-27-28(34)10-6-11-29(27)35/h3-6,8-11,13-16,18-20H,2,7,12,17,21H2,1H3. The fourth-order valence-electron chi connectivity index (χ4n) is 4.29. The summed E-state index contributed by atoms with van der Waals surface area (Å²) in [7, 11) is 0. The first-order chi connectivity index (χ1) is 20.0. The molecule has 4 aromatic carbocycles. The molecule has 0 fully saturated rings. The fraction of sp³-hybridized carbons (Fsp3) is 0.182. The minimum Gasteiger partial charge on any atom is -0.489 e. The van der Waals surface area contributed by atoms with E-state index in [0.717, 1.165) is 21.9 Å². The number of carbonyl (C=O) groups is 1. The maximum atomic E-state index is 14.0. The predicted octanol–water partition coefficient (Wildman–Crippen LogP) is 7.54. The van der Waals surface area contributed by atoms with Crippen LogP contribution in [0.2, 0.25) is 0 Å². The van der Waals surface area contributed by atoms with Gasteiger partial charge in [0.25, 0.3) is 0 Å². The lowest BCUT2D eigenvalue weighted by Crippen LogP contribution is -2.07. The minimum atomic E-state index is -0.643. The summed E-state index contributed by atoms with van der Waals surface area (Å²) >= 11 is 0. The van der Waals surface area contributed by atoms with Crippen LogP contribution in [0.3, 0.4) is 0 Å². The highest BCUT2D eigenvalue weighted by atomic mass is 19.1. The molecule has 0 aliphatic carbocycles. The first-order valence-corrected chi connectivity index (χ1v) is 13.3. The van der Waals surface area contributed by atoms with Gasteiger partial charge in [0.05, 0.1) is 24.5 Å². The molecule has 5 rings (SSSR count). The quantitative estimate of drug-likeness (QED) is 0.124. The summed E-state index contributed by atoms with van der Waals surface area (Å²) in [4.78, 5) is 21.1. The Morgan fingerprint density at radius 3 is 2.32 bits per heavy atom. The predicted molar refractivity (Wildman–Crippen MR) is 152 cm³/mol. The van der Waals surface area contributed by atoms with Crippen LogP contribution in [0.1, 0.15) is 25.3 Å². The van der Waals surface area contributed by atoms with Crippen molar-refractivity contribution >= 4 is 16.7 Å². The molecule has 0 N–H and O–H groups in total. The van der Waals surface area contributed by atoms with Crippen molar-refractivity contribution in [2.75, 3.05) is 13.2 Å². The van der Waals surface area contributed by atoms with Gasteiger partial charge in [-0.1, -0.05) is 54.6 Å². The van der Waals surface area contributed by atoms with E-state index in [1.54, 1.807) is 19.1 Å². The third-order valence-electron chi connectivity index (χ3n) is 6.37. The van der Waals surface area contributed by atoms with Gasteiger partial charge in [-0.05, 0) is 54.4 Å². The number of esters is 1. The van der Waals surface area contributed by atoms with Crippen molar-refractivity contribution in [1.29, 1.82) is 0 Å². The molecule has 0 aliphatic rings. The van der Waals surface area contributed by atoms with Gasteiger partial charge in [-0.25, -0.2) is 13.8 Å². The number of hydrogen-bond donors (Lipinski definition) is 0. The van der Waals surface area contributed by atoms with Crippen LogP contribution in [-0.4, -0.2) is 29.2 Å². The second kappa shape index (κ2) is 13.0. The number of hydrogen-bond acceptors (Lipinski definition) is 6. The highest BCUT2D eigenvalue weighted by molar-refractivity contribution is 5.87. The Kier molecular flexibility index (Phi) is 8.79. The Balaban J connectivity index is 1.37.